The van der Waals surface area contributed by atoms with Gasteiger partial charge in [0.1, 0.15) is 0 Å². The van der Waals surface area contributed by atoms with E-state index in [1.165, 1.54) is 12.0 Å². The van der Waals surface area contributed by atoms with Crippen molar-refractivity contribution in [1.29, 1.82) is 0 Å². The summed E-state index contributed by atoms with van der Waals surface area (Å²) in [6, 6.07) is 8.04. The van der Waals surface area contributed by atoms with E-state index in [9.17, 15) is 4.79 Å². The van der Waals surface area contributed by atoms with Gasteiger partial charge in [-0.1, -0.05) is 30.7 Å². The van der Waals surface area contributed by atoms with Gasteiger partial charge >= 0.3 is 0 Å². The molecule has 2 aliphatic rings. The van der Waals surface area contributed by atoms with Gasteiger partial charge in [-0.3, -0.25) is 4.79 Å². The zero-order chi connectivity index (χ0) is 11.8. The Hall–Kier alpha value is -1.15. The minimum Gasteiger partial charge on any atom is -0.381 e. The van der Waals surface area contributed by atoms with Crippen molar-refractivity contribution in [3.63, 3.8) is 0 Å². The van der Waals surface area contributed by atoms with Crippen LogP contribution in [0.3, 0.4) is 0 Å². The number of hydrogen-bond donors (Lipinski definition) is 0. The lowest BCUT2D eigenvalue weighted by Gasteiger charge is -2.23. The molecule has 2 heteroatoms. The Morgan fingerprint density at radius 2 is 2.06 bits per heavy atom. The van der Waals surface area contributed by atoms with Crippen molar-refractivity contribution < 1.29 is 9.53 Å². The lowest BCUT2D eigenvalue weighted by atomic mass is 9.86. The van der Waals surface area contributed by atoms with Crippen LogP contribution >= 0.6 is 0 Å². The van der Waals surface area contributed by atoms with Gasteiger partial charge in [0, 0.05) is 18.6 Å². The molecule has 0 spiro atoms. The number of carbonyl (C=O) groups is 1. The summed E-state index contributed by atoms with van der Waals surface area (Å²) in [5.74, 6) is 0.939. The molecule has 1 fully saturated rings. The highest BCUT2D eigenvalue weighted by atomic mass is 16.5. The summed E-state index contributed by atoms with van der Waals surface area (Å²) in [6.07, 6.45) is 4.66. The van der Waals surface area contributed by atoms with Gasteiger partial charge in [-0.15, -0.1) is 0 Å². The van der Waals surface area contributed by atoms with Crippen LogP contribution in [0, 0.1) is 11.8 Å². The third-order valence-corrected chi connectivity index (χ3v) is 4.38. The number of Topliss-reactive ketones (excluding diaryl/α,β-unsaturated/α-hetero) is 1. The van der Waals surface area contributed by atoms with Crippen LogP contribution in [0.15, 0.2) is 24.3 Å². The number of carbonyl (C=O) groups excluding carboxylic acids is 1. The van der Waals surface area contributed by atoms with E-state index >= 15 is 0 Å². The molecule has 1 aromatic carbocycles. The molecule has 2 nitrogen and oxygen atoms in total. The number of benzene rings is 1. The number of rotatable bonds is 2. The van der Waals surface area contributed by atoms with Crippen molar-refractivity contribution in [2.24, 2.45) is 11.8 Å². The Balaban J connectivity index is 1.86. The van der Waals surface area contributed by atoms with Crippen LogP contribution in [0.25, 0.3) is 0 Å². The Bertz CT molecular complexity index is 438. The summed E-state index contributed by atoms with van der Waals surface area (Å²) in [5, 5.41) is 0. The molecular weight excluding hydrogens is 212 g/mol. The van der Waals surface area contributed by atoms with E-state index in [0.717, 1.165) is 24.8 Å². The number of ketones is 1. The molecule has 0 saturated heterocycles. The maximum absolute atomic E-state index is 12.4. The highest BCUT2D eigenvalue weighted by Crippen LogP contribution is 2.40. The lowest BCUT2D eigenvalue weighted by Crippen LogP contribution is -2.28. The quantitative estimate of drug-likeness (QED) is 0.781. The molecule has 1 saturated carbocycles. The largest absolute Gasteiger partial charge is 0.381 e. The molecule has 90 valence electrons. The van der Waals surface area contributed by atoms with Crippen LogP contribution in [-0.2, 0) is 11.2 Å². The van der Waals surface area contributed by atoms with Gasteiger partial charge in [0.25, 0.3) is 0 Å². The molecule has 0 bridgehead atoms. The van der Waals surface area contributed by atoms with Crippen LogP contribution in [0.1, 0.15) is 35.2 Å². The fraction of sp³-hybridized carbons (Fsp3) is 0.533. The molecule has 0 aliphatic heterocycles. The first-order chi connectivity index (χ1) is 8.31. The van der Waals surface area contributed by atoms with Crippen LogP contribution < -0.4 is 0 Å². The number of methoxy groups -OCH3 is 1. The Kier molecular flexibility index (Phi) is 2.75. The SMILES string of the molecule is COC1CCCC1C1Cc2ccccc2C1=O. The van der Waals surface area contributed by atoms with Gasteiger partial charge in [-0.2, -0.15) is 0 Å². The molecule has 0 radical (unpaired) electrons. The zero-order valence-corrected chi connectivity index (χ0v) is 10.2. The lowest BCUT2D eigenvalue weighted by molar-refractivity contribution is 0.0447. The third kappa shape index (κ3) is 1.71. The topological polar surface area (TPSA) is 26.3 Å². The molecule has 0 heterocycles. The Labute approximate surface area is 102 Å². The second-order valence-corrected chi connectivity index (χ2v) is 5.20. The fourth-order valence-corrected chi connectivity index (χ4v) is 3.52. The minimum absolute atomic E-state index is 0.167. The van der Waals surface area contributed by atoms with E-state index in [0.29, 0.717) is 17.8 Å². The van der Waals surface area contributed by atoms with Crippen molar-refractivity contribution in [1.82, 2.24) is 0 Å². The maximum Gasteiger partial charge on any atom is 0.166 e. The second kappa shape index (κ2) is 4.26. The first kappa shape index (κ1) is 11.0. The van der Waals surface area contributed by atoms with Gasteiger partial charge in [0.05, 0.1) is 6.10 Å². The molecule has 1 aromatic rings. The van der Waals surface area contributed by atoms with E-state index in [4.69, 9.17) is 4.74 Å². The van der Waals surface area contributed by atoms with E-state index in [1.54, 1.807) is 7.11 Å². The predicted octanol–water partition coefficient (Wildman–Crippen LogP) is 2.86. The highest BCUT2D eigenvalue weighted by molar-refractivity contribution is 6.02. The van der Waals surface area contributed by atoms with Crippen LogP contribution in [-0.4, -0.2) is 19.0 Å². The average molecular weight is 230 g/mol. The van der Waals surface area contributed by atoms with E-state index in [1.807, 2.05) is 18.2 Å². The molecule has 0 N–H and O–H groups in total. The smallest absolute Gasteiger partial charge is 0.166 e. The van der Waals surface area contributed by atoms with Crippen molar-refractivity contribution in [3.05, 3.63) is 35.4 Å². The minimum atomic E-state index is 0.167. The normalized spacial score (nSPS) is 31.8. The van der Waals surface area contributed by atoms with Crippen LogP contribution in [0.4, 0.5) is 0 Å². The van der Waals surface area contributed by atoms with Crippen molar-refractivity contribution in [3.8, 4) is 0 Å². The maximum atomic E-state index is 12.4. The van der Waals surface area contributed by atoms with Gasteiger partial charge in [-0.05, 0) is 30.7 Å². The van der Waals surface area contributed by atoms with Crippen molar-refractivity contribution in [2.75, 3.05) is 7.11 Å². The molecule has 0 aromatic heterocycles. The summed E-state index contributed by atoms with van der Waals surface area (Å²) in [4.78, 5) is 12.4. The molecule has 2 aliphatic carbocycles. The van der Waals surface area contributed by atoms with Crippen molar-refractivity contribution in [2.45, 2.75) is 31.8 Å². The van der Waals surface area contributed by atoms with Crippen molar-refractivity contribution >= 4 is 5.78 Å². The standard InChI is InChI=1S/C15H18O2/c1-17-14-8-4-7-12(14)13-9-10-5-2-3-6-11(10)15(13)16/h2-3,5-6,12-14H,4,7-9H2,1H3. The summed E-state index contributed by atoms with van der Waals surface area (Å²) in [5.41, 5.74) is 2.17. The molecule has 3 unspecified atom stereocenters. The first-order valence-electron chi connectivity index (χ1n) is 6.46. The molecule has 3 atom stereocenters. The summed E-state index contributed by atoms with van der Waals surface area (Å²) in [6.45, 7) is 0. The predicted molar refractivity (Wildman–Crippen MR) is 66.1 cm³/mol. The summed E-state index contributed by atoms with van der Waals surface area (Å²) >= 11 is 0. The van der Waals surface area contributed by atoms with Gasteiger partial charge in [-0.25, -0.2) is 0 Å². The summed E-state index contributed by atoms with van der Waals surface area (Å²) < 4.78 is 5.53. The molecule has 3 rings (SSSR count). The average Bonchev–Trinajstić information content (AvgIpc) is 2.94. The van der Waals surface area contributed by atoms with Gasteiger partial charge in [0.2, 0.25) is 0 Å². The highest BCUT2D eigenvalue weighted by Gasteiger charge is 2.41. The number of fused-ring (bicyclic) bond motifs is 1. The Morgan fingerprint density at radius 1 is 1.24 bits per heavy atom. The first-order valence-corrected chi connectivity index (χ1v) is 6.46. The molecule has 17 heavy (non-hydrogen) atoms. The Morgan fingerprint density at radius 3 is 2.82 bits per heavy atom. The van der Waals surface area contributed by atoms with Crippen LogP contribution in [0.2, 0.25) is 0 Å². The van der Waals surface area contributed by atoms with E-state index in [2.05, 4.69) is 6.07 Å². The monoisotopic (exact) mass is 230 g/mol. The number of ether oxygens (including phenoxy) is 1. The van der Waals surface area contributed by atoms with E-state index in [-0.39, 0.29) is 5.92 Å². The fourth-order valence-electron chi connectivity index (χ4n) is 3.52. The molecule has 0 amide bonds. The van der Waals surface area contributed by atoms with Crippen LogP contribution in [0.5, 0.6) is 0 Å². The second-order valence-electron chi connectivity index (χ2n) is 5.20. The van der Waals surface area contributed by atoms with Gasteiger partial charge < -0.3 is 4.74 Å². The van der Waals surface area contributed by atoms with Gasteiger partial charge in [0.15, 0.2) is 5.78 Å². The number of hydrogen-bond acceptors (Lipinski definition) is 2. The third-order valence-electron chi connectivity index (χ3n) is 4.38. The molecular formula is C15H18O2. The summed E-state index contributed by atoms with van der Waals surface area (Å²) in [7, 11) is 1.77. The zero-order valence-electron chi connectivity index (χ0n) is 10.2. The van der Waals surface area contributed by atoms with E-state index < -0.39 is 0 Å².